The molecular formula is C17H24N2O3. The van der Waals surface area contributed by atoms with Gasteiger partial charge in [-0.1, -0.05) is 13.3 Å². The van der Waals surface area contributed by atoms with Crippen molar-refractivity contribution in [2.75, 3.05) is 26.0 Å². The Morgan fingerprint density at radius 2 is 1.95 bits per heavy atom. The first-order chi connectivity index (χ1) is 10.6. The van der Waals surface area contributed by atoms with Crippen LogP contribution < -0.4 is 10.1 Å². The lowest BCUT2D eigenvalue weighted by atomic mass is 10.2. The maximum Gasteiger partial charge on any atom is 0.228 e. The third kappa shape index (κ3) is 4.00. The number of unbranched alkanes of at least 4 members (excludes halogenated alkanes) is 1. The zero-order chi connectivity index (χ0) is 16.1. The quantitative estimate of drug-likeness (QED) is 0.842. The van der Waals surface area contributed by atoms with Crippen molar-refractivity contribution < 1.29 is 14.3 Å². The number of carbonyl (C=O) groups excluding carboxylic acids is 2. The van der Waals surface area contributed by atoms with Gasteiger partial charge < -0.3 is 15.0 Å². The van der Waals surface area contributed by atoms with Crippen molar-refractivity contribution in [1.82, 2.24) is 4.90 Å². The fourth-order valence-electron chi connectivity index (χ4n) is 2.46. The number of methoxy groups -OCH3 is 1. The Hall–Kier alpha value is -2.04. The molecule has 0 radical (unpaired) electrons. The van der Waals surface area contributed by atoms with Gasteiger partial charge in [0.05, 0.1) is 18.9 Å². The summed E-state index contributed by atoms with van der Waals surface area (Å²) in [7, 11) is 3.41. The van der Waals surface area contributed by atoms with Crippen LogP contribution in [0.25, 0.3) is 0 Å². The van der Waals surface area contributed by atoms with Crippen molar-refractivity contribution in [2.45, 2.75) is 26.2 Å². The molecule has 22 heavy (non-hydrogen) atoms. The highest BCUT2D eigenvalue weighted by molar-refractivity contribution is 5.99. The molecule has 0 heterocycles. The molecule has 5 heteroatoms. The normalized spacial score (nSPS) is 19.4. The molecule has 120 valence electrons. The summed E-state index contributed by atoms with van der Waals surface area (Å²) in [5.41, 5.74) is 0.725. The zero-order valence-electron chi connectivity index (χ0n) is 13.5. The summed E-state index contributed by atoms with van der Waals surface area (Å²) in [5, 5.41) is 2.86. The van der Waals surface area contributed by atoms with Gasteiger partial charge in [0.2, 0.25) is 11.8 Å². The fourth-order valence-corrected chi connectivity index (χ4v) is 2.46. The highest BCUT2D eigenvalue weighted by atomic mass is 16.5. The Labute approximate surface area is 131 Å². The molecular weight excluding hydrogens is 280 g/mol. The van der Waals surface area contributed by atoms with Crippen molar-refractivity contribution in [3.05, 3.63) is 24.3 Å². The summed E-state index contributed by atoms with van der Waals surface area (Å²) in [6.07, 6.45) is 2.71. The van der Waals surface area contributed by atoms with Crippen LogP contribution >= 0.6 is 0 Å². The average Bonchev–Trinajstić information content (AvgIpc) is 3.33. The van der Waals surface area contributed by atoms with Gasteiger partial charge in [-0.3, -0.25) is 9.59 Å². The number of hydrogen-bond donors (Lipinski definition) is 1. The number of ether oxygens (including phenoxy) is 1. The number of amides is 2. The summed E-state index contributed by atoms with van der Waals surface area (Å²) in [4.78, 5) is 26.1. The molecule has 2 atom stereocenters. The minimum absolute atomic E-state index is 0.0765. The third-order valence-electron chi connectivity index (χ3n) is 4.03. The lowest BCUT2D eigenvalue weighted by Crippen LogP contribution is -2.30. The fraction of sp³-hybridized carbons (Fsp3) is 0.529. The summed E-state index contributed by atoms with van der Waals surface area (Å²) < 4.78 is 5.08. The third-order valence-corrected chi connectivity index (χ3v) is 4.03. The van der Waals surface area contributed by atoms with Gasteiger partial charge >= 0.3 is 0 Å². The lowest BCUT2D eigenvalue weighted by molar-refractivity contribution is -0.132. The monoisotopic (exact) mass is 304 g/mol. The van der Waals surface area contributed by atoms with Gasteiger partial charge in [0, 0.05) is 19.3 Å². The smallest absolute Gasteiger partial charge is 0.228 e. The molecule has 2 amide bonds. The van der Waals surface area contributed by atoms with Crippen molar-refractivity contribution in [2.24, 2.45) is 11.8 Å². The van der Waals surface area contributed by atoms with Crippen molar-refractivity contribution in [3.8, 4) is 5.75 Å². The Kier molecular flexibility index (Phi) is 5.41. The first-order valence-corrected chi connectivity index (χ1v) is 7.76. The Balaban J connectivity index is 1.83. The van der Waals surface area contributed by atoms with E-state index >= 15 is 0 Å². The number of nitrogens with one attached hydrogen (secondary N) is 1. The van der Waals surface area contributed by atoms with E-state index in [1.807, 2.05) is 7.05 Å². The summed E-state index contributed by atoms with van der Waals surface area (Å²) in [6, 6.07) is 7.18. The zero-order valence-corrected chi connectivity index (χ0v) is 13.5. The molecule has 0 bridgehead atoms. The molecule has 1 N–H and O–H groups in total. The first-order valence-electron chi connectivity index (χ1n) is 7.76. The molecule has 5 nitrogen and oxygen atoms in total. The van der Waals surface area contributed by atoms with Gasteiger partial charge in [-0.25, -0.2) is 0 Å². The molecule has 2 rings (SSSR count). The molecule has 1 aliphatic rings. The number of anilines is 1. The van der Waals surface area contributed by atoms with Gasteiger partial charge in [0.25, 0.3) is 0 Å². The Morgan fingerprint density at radius 3 is 2.55 bits per heavy atom. The summed E-state index contributed by atoms with van der Waals surface area (Å²) in [5.74, 6) is 0.407. The molecule has 1 fully saturated rings. The van der Waals surface area contributed by atoms with Crippen LogP contribution in [-0.4, -0.2) is 37.4 Å². The van der Waals surface area contributed by atoms with E-state index < -0.39 is 0 Å². The van der Waals surface area contributed by atoms with Crippen LogP contribution in [0.4, 0.5) is 5.69 Å². The van der Waals surface area contributed by atoms with Crippen LogP contribution in [0.15, 0.2) is 24.3 Å². The van der Waals surface area contributed by atoms with Crippen molar-refractivity contribution in [1.29, 1.82) is 0 Å². The van der Waals surface area contributed by atoms with Crippen molar-refractivity contribution >= 4 is 17.5 Å². The Bertz CT molecular complexity index is 527. The van der Waals surface area contributed by atoms with Gasteiger partial charge in [-0.2, -0.15) is 0 Å². The van der Waals surface area contributed by atoms with Gasteiger partial charge in [0.1, 0.15) is 5.75 Å². The largest absolute Gasteiger partial charge is 0.497 e. The molecule has 0 spiro atoms. The minimum Gasteiger partial charge on any atom is -0.497 e. The van der Waals surface area contributed by atoms with E-state index in [0.29, 0.717) is 6.42 Å². The highest BCUT2D eigenvalue weighted by Gasteiger charge is 2.48. The van der Waals surface area contributed by atoms with Crippen LogP contribution in [0.3, 0.4) is 0 Å². The van der Waals surface area contributed by atoms with E-state index in [1.54, 1.807) is 36.3 Å². The number of carbonyl (C=O) groups is 2. The van der Waals surface area contributed by atoms with Crippen molar-refractivity contribution in [3.63, 3.8) is 0 Å². The van der Waals surface area contributed by atoms with Gasteiger partial charge in [-0.15, -0.1) is 0 Å². The SMILES string of the molecule is CCCCN(C)C(=O)C1CC1C(=O)Nc1ccc(OC)cc1. The van der Waals surface area contributed by atoms with Crippen LogP contribution in [0.2, 0.25) is 0 Å². The minimum atomic E-state index is -0.196. The predicted molar refractivity (Wildman–Crippen MR) is 85.8 cm³/mol. The van der Waals surface area contributed by atoms with Crippen LogP contribution in [0, 0.1) is 11.8 Å². The number of nitrogens with zero attached hydrogens (tertiary/aromatic N) is 1. The van der Waals surface area contributed by atoms with Crippen LogP contribution in [-0.2, 0) is 9.59 Å². The molecule has 1 aromatic rings. The number of benzene rings is 1. The van der Waals surface area contributed by atoms with Gasteiger partial charge in [0.15, 0.2) is 0 Å². The topological polar surface area (TPSA) is 58.6 Å². The van der Waals surface area contributed by atoms with Crippen LogP contribution in [0.5, 0.6) is 5.75 Å². The lowest BCUT2D eigenvalue weighted by Gasteiger charge is -2.16. The average molecular weight is 304 g/mol. The molecule has 0 aliphatic heterocycles. The molecule has 0 aromatic heterocycles. The first kappa shape index (κ1) is 16.3. The second kappa shape index (κ2) is 7.29. The molecule has 2 unspecified atom stereocenters. The molecule has 1 aliphatic carbocycles. The standard InChI is InChI=1S/C17H24N2O3/c1-4-5-10-19(2)17(21)15-11-14(15)16(20)18-12-6-8-13(22-3)9-7-12/h6-9,14-15H,4-5,10-11H2,1-3H3,(H,18,20). The summed E-state index contributed by atoms with van der Waals surface area (Å²) in [6.45, 7) is 2.86. The highest BCUT2D eigenvalue weighted by Crippen LogP contribution is 2.40. The maximum atomic E-state index is 12.2. The van der Waals surface area contributed by atoms with E-state index in [0.717, 1.165) is 30.8 Å². The summed E-state index contributed by atoms with van der Waals surface area (Å²) >= 11 is 0. The second-order valence-electron chi connectivity index (χ2n) is 5.78. The second-order valence-corrected chi connectivity index (χ2v) is 5.78. The molecule has 1 aromatic carbocycles. The number of hydrogen-bond acceptors (Lipinski definition) is 3. The van der Waals surface area contributed by atoms with E-state index in [9.17, 15) is 9.59 Å². The van der Waals surface area contributed by atoms with E-state index in [2.05, 4.69) is 12.2 Å². The predicted octanol–water partition coefficient (Wildman–Crippen LogP) is 2.53. The van der Waals surface area contributed by atoms with E-state index in [1.165, 1.54) is 0 Å². The van der Waals surface area contributed by atoms with E-state index in [4.69, 9.17) is 4.74 Å². The number of rotatable bonds is 7. The van der Waals surface area contributed by atoms with E-state index in [-0.39, 0.29) is 23.7 Å². The van der Waals surface area contributed by atoms with Gasteiger partial charge in [-0.05, 0) is 37.1 Å². The molecule has 0 saturated heterocycles. The molecule has 1 saturated carbocycles. The Morgan fingerprint density at radius 1 is 1.27 bits per heavy atom. The maximum absolute atomic E-state index is 12.2. The van der Waals surface area contributed by atoms with Crippen LogP contribution in [0.1, 0.15) is 26.2 Å².